The number of methoxy groups -OCH3 is 1. The molecule has 162 valence electrons. The predicted octanol–water partition coefficient (Wildman–Crippen LogP) is 3.86. The molecule has 4 rings (SSSR count). The molecular formula is C20H25BrCl2N6O. The van der Waals surface area contributed by atoms with Crippen molar-refractivity contribution in [1.29, 1.82) is 0 Å². The topological polar surface area (TPSA) is 76.9 Å². The highest BCUT2D eigenvalue weighted by Gasteiger charge is 2.26. The predicted molar refractivity (Wildman–Crippen MR) is 125 cm³/mol. The largest absolute Gasteiger partial charge is 0.496 e. The van der Waals surface area contributed by atoms with Gasteiger partial charge in [-0.2, -0.15) is 0 Å². The van der Waals surface area contributed by atoms with E-state index < -0.39 is 0 Å². The van der Waals surface area contributed by atoms with E-state index in [2.05, 4.69) is 72.4 Å². The molecule has 2 N–H and O–H groups in total. The lowest BCUT2D eigenvalue weighted by Crippen LogP contribution is -2.45. The third kappa shape index (κ3) is 5.70. The minimum atomic E-state index is 0. The molecule has 2 heterocycles. The minimum absolute atomic E-state index is 0. The fraction of sp³-hybridized carbons (Fsp3) is 0.350. The van der Waals surface area contributed by atoms with Crippen LogP contribution in [0.1, 0.15) is 30.0 Å². The van der Waals surface area contributed by atoms with E-state index in [1.807, 2.05) is 12.1 Å². The van der Waals surface area contributed by atoms with Gasteiger partial charge in [0, 0.05) is 28.7 Å². The fourth-order valence-electron chi connectivity index (χ4n) is 3.72. The zero-order chi connectivity index (χ0) is 19.3. The highest BCUT2D eigenvalue weighted by Crippen LogP contribution is 2.27. The summed E-state index contributed by atoms with van der Waals surface area (Å²) in [5, 5.41) is 18.8. The summed E-state index contributed by atoms with van der Waals surface area (Å²) in [4.78, 5) is 0. The van der Waals surface area contributed by atoms with Crippen molar-refractivity contribution in [3.05, 3.63) is 64.4 Å². The minimum Gasteiger partial charge on any atom is -0.496 e. The van der Waals surface area contributed by atoms with Crippen LogP contribution in [-0.2, 0) is 6.54 Å². The normalized spacial score (nSPS) is 18.2. The van der Waals surface area contributed by atoms with Crippen LogP contribution in [0.5, 0.6) is 5.75 Å². The number of benzene rings is 2. The van der Waals surface area contributed by atoms with E-state index in [0.717, 1.165) is 40.9 Å². The number of tetrazole rings is 1. The van der Waals surface area contributed by atoms with Gasteiger partial charge in [0.25, 0.3) is 0 Å². The molecule has 0 amide bonds. The lowest BCUT2D eigenvalue weighted by atomic mass is 9.92. The van der Waals surface area contributed by atoms with Crippen LogP contribution in [0.3, 0.4) is 0 Å². The summed E-state index contributed by atoms with van der Waals surface area (Å²) in [6.45, 7) is 1.74. The molecular weight excluding hydrogens is 491 g/mol. The van der Waals surface area contributed by atoms with E-state index in [4.69, 9.17) is 4.74 Å². The Bertz CT molecular complexity index is 927. The number of aromatic nitrogens is 4. The highest BCUT2D eigenvalue weighted by molar-refractivity contribution is 9.10. The van der Waals surface area contributed by atoms with Crippen molar-refractivity contribution in [2.45, 2.75) is 31.5 Å². The molecule has 0 aliphatic carbocycles. The van der Waals surface area contributed by atoms with Crippen molar-refractivity contribution in [1.82, 2.24) is 30.8 Å². The molecule has 0 unspecified atom stereocenters. The van der Waals surface area contributed by atoms with E-state index >= 15 is 0 Å². The van der Waals surface area contributed by atoms with Crippen LogP contribution in [-0.4, -0.2) is 39.9 Å². The van der Waals surface area contributed by atoms with Gasteiger partial charge in [-0.1, -0.05) is 28.1 Å². The molecule has 2 aromatic carbocycles. The number of piperidine rings is 1. The summed E-state index contributed by atoms with van der Waals surface area (Å²) in [6, 6.07) is 15.1. The van der Waals surface area contributed by atoms with Gasteiger partial charge in [-0.25, -0.2) is 4.68 Å². The first-order valence-corrected chi connectivity index (χ1v) is 10.2. The van der Waals surface area contributed by atoms with E-state index in [0.29, 0.717) is 12.6 Å². The summed E-state index contributed by atoms with van der Waals surface area (Å²) in [6.07, 6.45) is 3.87. The third-order valence-electron chi connectivity index (χ3n) is 5.10. The summed E-state index contributed by atoms with van der Waals surface area (Å²) in [7, 11) is 1.70. The number of ether oxygens (including phenoxy) is 1. The van der Waals surface area contributed by atoms with Crippen molar-refractivity contribution in [2.24, 2.45) is 0 Å². The maximum absolute atomic E-state index is 5.56. The molecule has 0 spiro atoms. The van der Waals surface area contributed by atoms with Crippen molar-refractivity contribution >= 4 is 40.7 Å². The molecule has 3 aromatic rings. The molecule has 0 saturated carbocycles. The van der Waals surface area contributed by atoms with Crippen molar-refractivity contribution < 1.29 is 4.74 Å². The quantitative estimate of drug-likeness (QED) is 0.519. The monoisotopic (exact) mass is 514 g/mol. The van der Waals surface area contributed by atoms with Crippen LogP contribution in [0.2, 0.25) is 0 Å². The van der Waals surface area contributed by atoms with Crippen molar-refractivity contribution in [3.8, 4) is 11.4 Å². The summed E-state index contributed by atoms with van der Waals surface area (Å²) in [5.74, 6) is 0.854. The van der Waals surface area contributed by atoms with Gasteiger partial charge in [0.05, 0.1) is 12.8 Å². The zero-order valence-corrected chi connectivity index (χ0v) is 19.7. The fourth-order valence-corrected chi connectivity index (χ4v) is 4.14. The Kier molecular flexibility index (Phi) is 9.51. The Hall–Kier alpha value is -1.71. The van der Waals surface area contributed by atoms with E-state index in [1.165, 1.54) is 5.56 Å². The molecule has 2 atom stereocenters. The highest BCUT2D eigenvalue weighted by atomic mass is 79.9. The standard InChI is InChI=1S/C20H23BrN6O.2ClH/c1-28-19-8-7-17(27-13-24-25-26-27)11-15(19)12-23-18-6-3-9-22-20(18)14-4-2-5-16(21)10-14;;/h2,4-5,7-8,10-11,13,18,20,22-23H,3,6,9,12H2,1H3;2*1H/t18-,20-;;/m0../s1. The average Bonchev–Trinajstić information content (AvgIpc) is 3.27. The molecule has 7 nitrogen and oxygen atoms in total. The van der Waals surface area contributed by atoms with Gasteiger partial charge in [-0.3, -0.25) is 0 Å². The van der Waals surface area contributed by atoms with Crippen molar-refractivity contribution in [3.63, 3.8) is 0 Å². The Balaban J connectivity index is 0.00000160. The van der Waals surface area contributed by atoms with Crippen LogP contribution in [0.25, 0.3) is 5.69 Å². The average molecular weight is 516 g/mol. The molecule has 0 radical (unpaired) electrons. The molecule has 30 heavy (non-hydrogen) atoms. The molecule has 1 aliphatic heterocycles. The summed E-state index contributed by atoms with van der Waals surface area (Å²) >= 11 is 3.59. The molecule has 0 bridgehead atoms. The van der Waals surface area contributed by atoms with Gasteiger partial charge in [0.15, 0.2) is 0 Å². The van der Waals surface area contributed by atoms with Gasteiger partial charge in [0.1, 0.15) is 12.1 Å². The lowest BCUT2D eigenvalue weighted by molar-refractivity contribution is 0.302. The second kappa shape index (κ2) is 11.6. The van der Waals surface area contributed by atoms with Gasteiger partial charge in [-0.15, -0.1) is 29.9 Å². The number of halogens is 3. The van der Waals surface area contributed by atoms with E-state index in [1.54, 1.807) is 18.1 Å². The molecule has 1 fully saturated rings. The first-order valence-electron chi connectivity index (χ1n) is 9.37. The van der Waals surface area contributed by atoms with E-state index in [9.17, 15) is 0 Å². The van der Waals surface area contributed by atoms with Crippen molar-refractivity contribution in [2.75, 3.05) is 13.7 Å². The Morgan fingerprint density at radius 1 is 1.23 bits per heavy atom. The first-order chi connectivity index (χ1) is 13.7. The van der Waals surface area contributed by atoms with Crippen LogP contribution in [0, 0.1) is 0 Å². The smallest absolute Gasteiger partial charge is 0.143 e. The summed E-state index contributed by atoms with van der Waals surface area (Å²) < 4.78 is 8.31. The Morgan fingerprint density at radius 2 is 2.10 bits per heavy atom. The van der Waals surface area contributed by atoms with Crippen LogP contribution in [0.15, 0.2) is 53.3 Å². The van der Waals surface area contributed by atoms with Crippen LogP contribution < -0.4 is 15.4 Å². The molecule has 10 heteroatoms. The lowest BCUT2D eigenvalue weighted by Gasteiger charge is -2.34. The molecule has 1 aromatic heterocycles. The number of hydrogen-bond acceptors (Lipinski definition) is 6. The van der Waals surface area contributed by atoms with Gasteiger partial charge in [-0.05, 0) is 65.7 Å². The first kappa shape index (κ1) is 24.6. The number of rotatable bonds is 6. The SMILES string of the molecule is COc1ccc(-n2cnnn2)cc1CN[C@H]1CCCN[C@H]1c1cccc(Br)c1.Cl.Cl. The maximum Gasteiger partial charge on any atom is 0.143 e. The third-order valence-corrected chi connectivity index (χ3v) is 5.59. The van der Waals surface area contributed by atoms with Gasteiger partial charge < -0.3 is 15.4 Å². The second-order valence-corrected chi connectivity index (χ2v) is 7.78. The second-order valence-electron chi connectivity index (χ2n) is 6.87. The van der Waals surface area contributed by atoms with Gasteiger partial charge in [0.2, 0.25) is 0 Å². The maximum atomic E-state index is 5.56. The van der Waals surface area contributed by atoms with E-state index in [-0.39, 0.29) is 30.9 Å². The van der Waals surface area contributed by atoms with Gasteiger partial charge >= 0.3 is 0 Å². The molecule has 1 aliphatic rings. The molecule has 1 saturated heterocycles. The Labute approximate surface area is 196 Å². The zero-order valence-electron chi connectivity index (χ0n) is 16.5. The summed E-state index contributed by atoms with van der Waals surface area (Å²) in [5.41, 5.74) is 3.28. The number of nitrogens with one attached hydrogen (secondary N) is 2. The number of hydrogen-bond donors (Lipinski definition) is 2. The van der Waals surface area contributed by atoms with Crippen LogP contribution >= 0.6 is 40.7 Å². The number of nitrogens with zero attached hydrogens (tertiary/aromatic N) is 4. The Morgan fingerprint density at radius 3 is 2.83 bits per heavy atom. The van der Waals surface area contributed by atoms with Crippen LogP contribution in [0.4, 0.5) is 0 Å².